The lowest BCUT2D eigenvalue weighted by Gasteiger charge is -2.41. The fourth-order valence-electron chi connectivity index (χ4n) is 4.21. The third-order valence-corrected chi connectivity index (χ3v) is 5.43. The molecule has 2 atom stereocenters. The lowest BCUT2D eigenvalue weighted by atomic mass is 9.66. The van der Waals surface area contributed by atoms with Crippen LogP contribution in [0.5, 0.6) is 11.5 Å². The van der Waals surface area contributed by atoms with Crippen molar-refractivity contribution in [2.45, 2.75) is 37.1 Å². The summed E-state index contributed by atoms with van der Waals surface area (Å²) in [6, 6.07) is 4.30. The first kappa shape index (κ1) is 15.2. The molecular weight excluding hydrogens is 280 g/mol. The number of hydrogen-bond acceptors (Lipinski definition) is 5. The van der Waals surface area contributed by atoms with E-state index in [1.165, 1.54) is 5.56 Å². The summed E-state index contributed by atoms with van der Waals surface area (Å²) in [4.78, 5) is 14.2. The molecule has 2 unspecified atom stereocenters. The first-order chi connectivity index (χ1) is 10.5. The lowest BCUT2D eigenvalue weighted by Crippen LogP contribution is -2.46. The predicted molar refractivity (Wildman–Crippen MR) is 85.5 cm³/mol. The van der Waals surface area contributed by atoms with Gasteiger partial charge in [0.2, 0.25) is 0 Å². The normalized spacial score (nSPS) is 28.5. The highest BCUT2D eigenvalue weighted by molar-refractivity contribution is 5.81. The van der Waals surface area contributed by atoms with Crippen LogP contribution in [0.4, 0.5) is 5.69 Å². The van der Waals surface area contributed by atoms with Crippen molar-refractivity contribution in [2.75, 3.05) is 33.5 Å². The summed E-state index contributed by atoms with van der Waals surface area (Å²) >= 11 is 0. The molecule has 5 heteroatoms. The molecule has 1 aliphatic heterocycles. The monoisotopic (exact) mass is 304 g/mol. The second kappa shape index (κ2) is 5.47. The minimum Gasteiger partial charge on any atom is -0.493 e. The number of likely N-dealkylation sites (N-methyl/N-ethyl adjacent to an activating group) is 1. The minimum atomic E-state index is -0.00364. The smallest absolute Gasteiger partial charge is 0.183 e. The Hall–Kier alpha value is -1.75. The maximum atomic E-state index is 11.9. The van der Waals surface area contributed by atoms with E-state index in [2.05, 4.69) is 11.9 Å². The van der Waals surface area contributed by atoms with Gasteiger partial charge in [0.1, 0.15) is 5.78 Å². The molecule has 1 saturated carbocycles. The molecule has 22 heavy (non-hydrogen) atoms. The quantitative estimate of drug-likeness (QED) is 0.865. The highest BCUT2D eigenvalue weighted by Gasteiger charge is 2.50. The van der Waals surface area contributed by atoms with E-state index in [1.807, 2.05) is 12.1 Å². The molecule has 120 valence electrons. The first-order valence-electron chi connectivity index (χ1n) is 7.76. The molecule has 1 aromatic rings. The molecule has 0 aromatic heterocycles. The van der Waals surface area contributed by atoms with Crippen LogP contribution in [-0.2, 0) is 10.2 Å². The summed E-state index contributed by atoms with van der Waals surface area (Å²) in [6.45, 7) is 1.01. The number of carbonyl (C=O) groups is 1. The Morgan fingerprint density at radius 2 is 2.05 bits per heavy atom. The van der Waals surface area contributed by atoms with Crippen molar-refractivity contribution in [3.8, 4) is 11.5 Å². The van der Waals surface area contributed by atoms with Gasteiger partial charge in [-0.15, -0.1) is 0 Å². The topological polar surface area (TPSA) is 64.8 Å². The molecular formula is C17H24N2O3. The SMILES string of the molecule is COc1cc(C23CCC(=O)CC2N(C)CC3)cc(N)c1OC. The van der Waals surface area contributed by atoms with Gasteiger partial charge in [-0.3, -0.25) is 4.79 Å². The third kappa shape index (κ3) is 2.15. The van der Waals surface area contributed by atoms with Crippen LogP contribution in [0.25, 0.3) is 0 Å². The zero-order valence-electron chi connectivity index (χ0n) is 13.5. The molecule has 5 nitrogen and oxygen atoms in total. The number of anilines is 1. The zero-order valence-corrected chi connectivity index (χ0v) is 13.5. The van der Waals surface area contributed by atoms with E-state index in [4.69, 9.17) is 15.2 Å². The summed E-state index contributed by atoms with van der Waals surface area (Å²) < 4.78 is 10.8. The molecule has 2 fully saturated rings. The Morgan fingerprint density at radius 3 is 2.73 bits per heavy atom. The van der Waals surface area contributed by atoms with Gasteiger partial charge in [0, 0.05) is 24.3 Å². The lowest BCUT2D eigenvalue weighted by molar-refractivity contribution is -0.122. The number of hydrogen-bond donors (Lipinski definition) is 1. The third-order valence-electron chi connectivity index (χ3n) is 5.43. The molecule has 1 heterocycles. The highest BCUT2D eigenvalue weighted by Crippen LogP contribution is 2.50. The van der Waals surface area contributed by atoms with Crippen molar-refractivity contribution in [1.29, 1.82) is 0 Å². The van der Waals surface area contributed by atoms with Crippen LogP contribution in [0, 0.1) is 0 Å². The summed E-state index contributed by atoms with van der Waals surface area (Å²) in [5.41, 5.74) is 7.93. The number of carbonyl (C=O) groups excluding carboxylic acids is 1. The van der Waals surface area contributed by atoms with Crippen molar-refractivity contribution in [2.24, 2.45) is 0 Å². The Bertz CT molecular complexity index is 602. The van der Waals surface area contributed by atoms with Crippen molar-refractivity contribution >= 4 is 11.5 Å². The Labute approximate surface area is 131 Å². The fraction of sp³-hybridized carbons (Fsp3) is 0.588. The molecule has 1 saturated heterocycles. The molecule has 0 bridgehead atoms. The Morgan fingerprint density at radius 1 is 1.27 bits per heavy atom. The average molecular weight is 304 g/mol. The van der Waals surface area contributed by atoms with E-state index in [0.29, 0.717) is 35.8 Å². The Balaban J connectivity index is 2.09. The van der Waals surface area contributed by atoms with Gasteiger partial charge in [-0.05, 0) is 44.1 Å². The van der Waals surface area contributed by atoms with Gasteiger partial charge in [-0.1, -0.05) is 0 Å². The van der Waals surface area contributed by atoms with Crippen LogP contribution in [-0.4, -0.2) is 44.5 Å². The summed E-state index contributed by atoms with van der Waals surface area (Å²) in [5.74, 6) is 1.61. The van der Waals surface area contributed by atoms with Crippen LogP contribution in [0.15, 0.2) is 12.1 Å². The summed E-state index contributed by atoms with van der Waals surface area (Å²) in [7, 11) is 5.33. The van der Waals surface area contributed by atoms with Crippen molar-refractivity contribution < 1.29 is 14.3 Å². The van der Waals surface area contributed by atoms with Gasteiger partial charge in [0.25, 0.3) is 0 Å². The van der Waals surface area contributed by atoms with Gasteiger partial charge < -0.3 is 20.1 Å². The number of nitrogens with two attached hydrogens (primary N) is 1. The number of likely N-dealkylation sites (tertiary alicyclic amines) is 1. The maximum absolute atomic E-state index is 11.9. The molecule has 0 spiro atoms. The molecule has 2 N–H and O–H groups in total. The van der Waals surface area contributed by atoms with Crippen LogP contribution in [0.1, 0.15) is 31.2 Å². The van der Waals surface area contributed by atoms with Crippen LogP contribution in [0.3, 0.4) is 0 Å². The number of methoxy groups -OCH3 is 2. The fourth-order valence-corrected chi connectivity index (χ4v) is 4.21. The van der Waals surface area contributed by atoms with E-state index >= 15 is 0 Å². The summed E-state index contributed by atoms with van der Waals surface area (Å²) in [5, 5.41) is 0. The van der Waals surface area contributed by atoms with E-state index in [0.717, 1.165) is 19.4 Å². The molecule has 0 amide bonds. The number of ether oxygens (including phenoxy) is 2. The van der Waals surface area contributed by atoms with Crippen LogP contribution >= 0.6 is 0 Å². The highest BCUT2D eigenvalue weighted by atomic mass is 16.5. The average Bonchev–Trinajstić information content (AvgIpc) is 2.84. The molecule has 1 aromatic carbocycles. The Kier molecular flexibility index (Phi) is 3.77. The number of Topliss-reactive ketones (excluding diaryl/α,β-unsaturated/α-hetero) is 1. The second-order valence-corrected chi connectivity index (χ2v) is 6.45. The van der Waals surface area contributed by atoms with E-state index in [1.54, 1.807) is 14.2 Å². The summed E-state index contributed by atoms with van der Waals surface area (Å²) in [6.07, 6.45) is 3.22. The van der Waals surface area contributed by atoms with Crippen molar-refractivity contribution in [3.63, 3.8) is 0 Å². The number of ketones is 1. The number of nitrogen functional groups attached to an aromatic ring is 1. The molecule has 1 aliphatic carbocycles. The standard InChI is InChI=1S/C17H24N2O3/c1-19-7-6-17(5-4-12(20)10-15(17)19)11-8-13(18)16(22-3)14(9-11)21-2/h8-9,15H,4-7,10,18H2,1-3H3. The number of fused-ring (bicyclic) bond motifs is 1. The van der Waals surface area contributed by atoms with Crippen LogP contribution < -0.4 is 15.2 Å². The van der Waals surface area contributed by atoms with Crippen molar-refractivity contribution in [1.82, 2.24) is 4.90 Å². The van der Waals surface area contributed by atoms with Crippen molar-refractivity contribution in [3.05, 3.63) is 17.7 Å². The maximum Gasteiger partial charge on any atom is 0.183 e. The number of nitrogens with zero attached hydrogens (tertiary/aromatic N) is 1. The van der Waals surface area contributed by atoms with Crippen LogP contribution in [0.2, 0.25) is 0 Å². The predicted octanol–water partition coefficient (Wildman–Crippen LogP) is 1.98. The number of benzene rings is 1. The van der Waals surface area contributed by atoms with E-state index in [-0.39, 0.29) is 11.5 Å². The molecule has 3 rings (SSSR count). The molecule has 0 radical (unpaired) electrons. The van der Waals surface area contributed by atoms with Gasteiger partial charge in [-0.25, -0.2) is 0 Å². The van der Waals surface area contributed by atoms with Gasteiger partial charge in [0.05, 0.1) is 19.9 Å². The van der Waals surface area contributed by atoms with E-state index in [9.17, 15) is 4.79 Å². The first-order valence-corrected chi connectivity index (χ1v) is 7.76. The van der Waals surface area contributed by atoms with E-state index < -0.39 is 0 Å². The molecule has 2 aliphatic rings. The zero-order chi connectivity index (χ0) is 15.9. The second-order valence-electron chi connectivity index (χ2n) is 6.45. The van der Waals surface area contributed by atoms with Gasteiger partial charge in [-0.2, -0.15) is 0 Å². The number of rotatable bonds is 3. The van der Waals surface area contributed by atoms with Gasteiger partial charge in [0.15, 0.2) is 11.5 Å². The van der Waals surface area contributed by atoms with Gasteiger partial charge >= 0.3 is 0 Å². The largest absolute Gasteiger partial charge is 0.493 e. The minimum absolute atomic E-state index is 0.00364.